The minimum atomic E-state index is -0.202. The fourth-order valence-electron chi connectivity index (χ4n) is 2.96. The van der Waals surface area contributed by atoms with E-state index in [4.69, 9.17) is 5.73 Å². The SMILES string of the molecule is CCc1nc(N)cc(C)c1-c1ccc(F)c2c(C)c[nH]c12. The zero-order chi connectivity index (χ0) is 15.1. The minimum Gasteiger partial charge on any atom is -0.384 e. The van der Waals surface area contributed by atoms with E-state index in [1.165, 1.54) is 6.07 Å². The van der Waals surface area contributed by atoms with Crippen LogP contribution in [0, 0.1) is 19.7 Å². The van der Waals surface area contributed by atoms with E-state index in [2.05, 4.69) is 9.97 Å². The lowest BCUT2D eigenvalue weighted by Gasteiger charge is -2.13. The second kappa shape index (κ2) is 4.88. The second-order valence-corrected chi connectivity index (χ2v) is 5.36. The minimum absolute atomic E-state index is 0.202. The van der Waals surface area contributed by atoms with Crippen LogP contribution in [0.15, 0.2) is 24.4 Å². The van der Waals surface area contributed by atoms with Gasteiger partial charge in [0.25, 0.3) is 0 Å². The molecule has 3 nitrogen and oxygen atoms in total. The zero-order valence-electron chi connectivity index (χ0n) is 12.4. The number of hydrogen-bond acceptors (Lipinski definition) is 2. The van der Waals surface area contributed by atoms with E-state index >= 15 is 0 Å². The van der Waals surface area contributed by atoms with Crippen molar-refractivity contribution in [3.8, 4) is 11.1 Å². The molecule has 0 fully saturated rings. The third kappa shape index (κ3) is 2.07. The molecule has 0 saturated carbocycles. The van der Waals surface area contributed by atoms with Crippen LogP contribution in [-0.4, -0.2) is 9.97 Å². The van der Waals surface area contributed by atoms with Crippen molar-refractivity contribution in [3.63, 3.8) is 0 Å². The normalized spacial score (nSPS) is 11.2. The lowest BCUT2D eigenvalue weighted by atomic mass is 9.95. The summed E-state index contributed by atoms with van der Waals surface area (Å²) in [5, 5.41) is 0.644. The number of aromatic amines is 1. The zero-order valence-corrected chi connectivity index (χ0v) is 12.4. The quantitative estimate of drug-likeness (QED) is 0.743. The number of pyridine rings is 1. The molecule has 1 aromatic carbocycles. The van der Waals surface area contributed by atoms with Crippen molar-refractivity contribution in [2.24, 2.45) is 0 Å². The summed E-state index contributed by atoms with van der Waals surface area (Å²) in [6.45, 7) is 5.96. The van der Waals surface area contributed by atoms with Gasteiger partial charge < -0.3 is 10.7 Å². The molecule has 21 heavy (non-hydrogen) atoms. The molecule has 0 saturated heterocycles. The summed E-state index contributed by atoms with van der Waals surface area (Å²) < 4.78 is 14.1. The van der Waals surface area contributed by atoms with E-state index in [0.29, 0.717) is 11.2 Å². The molecule has 108 valence electrons. The van der Waals surface area contributed by atoms with E-state index in [0.717, 1.165) is 39.9 Å². The number of nitrogens with zero attached hydrogens (tertiary/aromatic N) is 1. The van der Waals surface area contributed by atoms with Crippen molar-refractivity contribution in [1.82, 2.24) is 9.97 Å². The van der Waals surface area contributed by atoms with E-state index in [1.54, 1.807) is 0 Å². The Morgan fingerprint density at radius 1 is 1.24 bits per heavy atom. The molecule has 0 radical (unpaired) electrons. The topological polar surface area (TPSA) is 54.7 Å². The molecule has 0 aliphatic rings. The maximum absolute atomic E-state index is 14.1. The highest BCUT2D eigenvalue weighted by atomic mass is 19.1. The second-order valence-electron chi connectivity index (χ2n) is 5.36. The molecule has 0 unspecified atom stereocenters. The molecular weight excluding hydrogens is 265 g/mol. The van der Waals surface area contributed by atoms with Gasteiger partial charge >= 0.3 is 0 Å². The number of nitrogens with one attached hydrogen (secondary N) is 1. The lowest BCUT2D eigenvalue weighted by Crippen LogP contribution is -2.01. The van der Waals surface area contributed by atoms with Gasteiger partial charge in [0.1, 0.15) is 11.6 Å². The van der Waals surface area contributed by atoms with Gasteiger partial charge in [0, 0.05) is 22.7 Å². The van der Waals surface area contributed by atoms with Crippen LogP contribution in [0.4, 0.5) is 10.2 Å². The van der Waals surface area contributed by atoms with Crippen LogP contribution in [0.2, 0.25) is 0 Å². The number of H-pyrrole nitrogens is 1. The van der Waals surface area contributed by atoms with Gasteiger partial charge in [0.2, 0.25) is 0 Å². The molecule has 0 atom stereocenters. The molecule has 0 aliphatic carbocycles. The number of hydrogen-bond donors (Lipinski definition) is 2. The molecule has 3 rings (SSSR count). The Hall–Kier alpha value is -2.36. The monoisotopic (exact) mass is 283 g/mol. The van der Waals surface area contributed by atoms with Gasteiger partial charge in [-0.3, -0.25) is 0 Å². The van der Waals surface area contributed by atoms with Crippen LogP contribution in [0.1, 0.15) is 23.7 Å². The molecule has 3 N–H and O–H groups in total. The van der Waals surface area contributed by atoms with E-state index < -0.39 is 0 Å². The maximum Gasteiger partial charge on any atom is 0.132 e. The van der Waals surface area contributed by atoms with Gasteiger partial charge in [-0.15, -0.1) is 0 Å². The van der Waals surface area contributed by atoms with Crippen LogP contribution in [-0.2, 0) is 6.42 Å². The van der Waals surface area contributed by atoms with Gasteiger partial charge in [-0.1, -0.05) is 6.92 Å². The number of fused-ring (bicyclic) bond motifs is 1. The first kappa shape index (κ1) is 13.6. The van der Waals surface area contributed by atoms with Crippen LogP contribution < -0.4 is 5.73 Å². The van der Waals surface area contributed by atoms with Crippen LogP contribution in [0.25, 0.3) is 22.0 Å². The fourth-order valence-corrected chi connectivity index (χ4v) is 2.96. The van der Waals surface area contributed by atoms with E-state index in [-0.39, 0.29) is 5.82 Å². The Bertz CT molecular complexity index is 834. The number of rotatable bonds is 2. The van der Waals surface area contributed by atoms with Gasteiger partial charge in [0.05, 0.1) is 11.2 Å². The molecule has 0 bridgehead atoms. The van der Waals surface area contributed by atoms with Crippen LogP contribution >= 0.6 is 0 Å². The molecule has 0 aliphatic heterocycles. The predicted molar refractivity (Wildman–Crippen MR) is 84.8 cm³/mol. The molecule has 3 aromatic rings. The van der Waals surface area contributed by atoms with Crippen molar-refractivity contribution >= 4 is 16.7 Å². The van der Waals surface area contributed by atoms with E-state index in [1.807, 2.05) is 39.1 Å². The summed E-state index contributed by atoms with van der Waals surface area (Å²) in [4.78, 5) is 7.62. The Kier molecular flexibility index (Phi) is 3.16. The maximum atomic E-state index is 14.1. The molecule has 2 heterocycles. The first-order valence-corrected chi connectivity index (χ1v) is 7.05. The van der Waals surface area contributed by atoms with Gasteiger partial charge in [0.15, 0.2) is 0 Å². The number of aryl methyl sites for hydroxylation is 3. The van der Waals surface area contributed by atoms with Crippen molar-refractivity contribution in [3.05, 3.63) is 47.0 Å². The Labute approximate surface area is 123 Å². The highest BCUT2D eigenvalue weighted by Gasteiger charge is 2.16. The summed E-state index contributed by atoms with van der Waals surface area (Å²) in [6.07, 6.45) is 2.61. The third-order valence-electron chi connectivity index (χ3n) is 3.90. The molecule has 0 amide bonds. The molecule has 2 aromatic heterocycles. The van der Waals surface area contributed by atoms with Gasteiger partial charge in [-0.05, 0) is 49.6 Å². The smallest absolute Gasteiger partial charge is 0.132 e. The molecular formula is C17H18FN3. The third-order valence-corrected chi connectivity index (χ3v) is 3.90. The van der Waals surface area contributed by atoms with Crippen molar-refractivity contribution in [2.45, 2.75) is 27.2 Å². The fraction of sp³-hybridized carbons (Fsp3) is 0.235. The first-order valence-electron chi connectivity index (χ1n) is 7.05. The molecule has 0 spiro atoms. The summed E-state index contributed by atoms with van der Waals surface area (Å²) in [6, 6.07) is 5.19. The number of nitrogens with two attached hydrogens (primary N) is 1. The number of nitrogen functional groups attached to an aromatic ring is 1. The standard InChI is InChI=1S/C17H18FN3/c1-4-13-15(9(2)7-14(19)21-13)11-5-6-12(18)16-10(3)8-20-17(11)16/h5-8,20H,4H2,1-3H3,(H2,19,21). The van der Waals surface area contributed by atoms with Crippen molar-refractivity contribution < 1.29 is 4.39 Å². The number of aromatic nitrogens is 2. The summed E-state index contributed by atoms with van der Waals surface area (Å²) in [5.41, 5.74) is 11.6. The van der Waals surface area contributed by atoms with Crippen molar-refractivity contribution in [1.29, 1.82) is 0 Å². The summed E-state index contributed by atoms with van der Waals surface area (Å²) >= 11 is 0. The van der Waals surface area contributed by atoms with Crippen molar-refractivity contribution in [2.75, 3.05) is 5.73 Å². The molecule has 4 heteroatoms. The predicted octanol–water partition coefficient (Wildman–Crippen LogP) is 4.13. The highest BCUT2D eigenvalue weighted by Crippen LogP contribution is 2.35. The number of halogens is 1. The summed E-state index contributed by atoms with van der Waals surface area (Å²) in [5.74, 6) is 0.320. The Morgan fingerprint density at radius 3 is 2.71 bits per heavy atom. The van der Waals surface area contributed by atoms with Crippen LogP contribution in [0.3, 0.4) is 0 Å². The Morgan fingerprint density at radius 2 is 2.00 bits per heavy atom. The van der Waals surface area contributed by atoms with Gasteiger partial charge in [-0.2, -0.15) is 0 Å². The largest absolute Gasteiger partial charge is 0.384 e. The van der Waals surface area contributed by atoms with E-state index in [9.17, 15) is 4.39 Å². The van der Waals surface area contributed by atoms with Gasteiger partial charge in [-0.25, -0.2) is 9.37 Å². The van der Waals surface area contributed by atoms with Crippen LogP contribution in [0.5, 0.6) is 0 Å². The lowest BCUT2D eigenvalue weighted by molar-refractivity contribution is 0.639. The average molecular weight is 283 g/mol. The first-order chi connectivity index (χ1) is 10.0. The highest BCUT2D eigenvalue weighted by molar-refractivity contribution is 5.97. The number of benzene rings is 1. The average Bonchev–Trinajstić information content (AvgIpc) is 2.83. The Balaban J connectivity index is 2.39. The summed E-state index contributed by atoms with van der Waals surface area (Å²) in [7, 11) is 0. The number of anilines is 1.